The van der Waals surface area contributed by atoms with Crippen LogP contribution in [0.4, 0.5) is 16.2 Å². The molecule has 2 aliphatic rings. The molecule has 8 nitrogen and oxygen atoms in total. The standard InChI is InChI=1S/C25H24BrN3O5S/c1-2-11-34-21-8-7-18(26)14-17(21)15-22-24(31)29(25(32)35-22)16-23(30)27-19-5-3-4-6-20(19)28-9-12-33-13-10-28/h2-8,14-15H,1,9-13,16H2,(H,27,30)/b22-15+. The fourth-order valence-corrected chi connectivity index (χ4v) is 4.89. The van der Waals surface area contributed by atoms with Crippen molar-refractivity contribution in [1.29, 1.82) is 0 Å². The molecule has 0 aromatic heterocycles. The minimum atomic E-state index is -0.522. The third kappa shape index (κ3) is 6.14. The molecule has 0 spiro atoms. The number of carbonyl (C=O) groups is 3. The second kappa shape index (κ2) is 11.6. The van der Waals surface area contributed by atoms with E-state index in [1.165, 1.54) is 0 Å². The van der Waals surface area contributed by atoms with Crippen LogP contribution in [0.15, 0.2) is 64.5 Å². The molecule has 10 heteroatoms. The zero-order chi connectivity index (χ0) is 24.8. The van der Waals surface area contributed by atoms with E-state index < -0.39 is 17.1 Å². The van der Waals surface area contributed by atoms with Crippen molar-refractivity contribution in [1.82, 2.24) is 4.90 Å². The molecule has 2 aromatic carbocycles. The Morgan fingerprint density at radius 3 is 2.74 bits per heavy atom. The third-order valence-corrected chi connectivity index (χ3v) is 6.72. The van der Waals surface area contributed by atoms with Crippen LogP contribution in [0.1, 0.15) is 5.56 Å². The minimum Gasteiger partial charge on any atom is -0.489 e. The molecule has 2 aliphatic heterocycles. The molecule has 0 aliphatic carbocycles. The lowest BCUT2D eigenvalue weighted by molar-refractivity contribution is -0.127. The van der Waals surface area contributed by atoms with E-state index in [2.05, 4.69) is 32.7 Å². The Labute approximate surface area is 216 Å². The Balaban J connectivity index is 1.47. The zero-order valence-corrected chi connectivity index (χ0v) is 21.3. The summed E-state index contributed by atoms with van der Waals surface area (Å²) in [6, 6.07) is 12.8. The number of imide groups is 1. The van der Waals surface area contributed by atoms with Gasteiger partial charge in [0.1, 0.15) is 18.9 Å². The molecule has 2 aromatic rings. The van der Waals surface area contributed by atoms with Gasteiger partial charge in [0.2, 0.25) is 5.91 Å². The van der Waals surface area contributed by atoms with Crippen LogP contribution in [0.2, 0.25) is 0 Å². The van der Waals surface area contributed by atoms with Crippen molar-refractivity contribution in [3.05, 3.63) is 70.1 Å². The SMILES string of the molecule is C=CCOc1ccc(Br)cc1/C=C1/SC(=O)N(CC(=O)Nc2ccccc2N2CCOCC2)C1=O. The molecule has 182 valence electrons. The van der Waals surface area contributed by atoms with Gasteiger partial charge in [0.25, 0.3) is 11.1 Å². The molecule has 4 rings (SSSR count). The summed E-state index contributed by atoms with van der Waals surface area (Å²) in [5, 5.41) is 2.35. The molecule has 2 saturated heterocycles. The second-order valence-electron chi connectivity index (χ2n) is 7.71. The molecule has 0 atom stereocenters. The second-order valence-corrected chi connectivity index (χ2v) is 9.62. The smallest absolute Gasteiger partial charge is 0.294 e. The maximum atomic E-state index is 13.0. The van der Waals surface area contributed by atoms with Gasteiger partial charge in [0.15, 0.2) is 0 Å². The van der Waals surface area contributed by atoms with E-state index in [0.717, 1.165) is 39.9 Å². The van der Waals surface area contributed by atoms with Crippen LogP contribution >= 0.6 is 27.7 Å². The van der Waals surface area contributed by atoms with E-state index in [0.29, 0.717) is 36.8 Å². The van der Waals surface area contributed by atoms with Crippen LogP contribution < -0.4 is 15.0 Å². The number of morpholine rings is 1. The van der Waals surface area contributed by atoms with Crippen molar-refractivity contribution in [2.45, 2.75) is 0 Å². The van der Waals surface area contributed by atoms with Crippen molar-refractivity contribution in [2.75, 3.05) is 49.7 Å². The monoisotopic (exact) mass is 557 g/mol. The van der Waals surface area contributed by atoms with E-state index in [9.17, 15) is 14.4 Å². The largest absolute Gasteiger partial charge is 0.489 e. The first-order valence-electron chi connectivity index (χ1n) is 11.0. The number of ether oxygens (including phenoxy) is 2. The van der Waals surface area contributed by atoms with Crippen molar-refractivity contribution in [2.24, 2.45) is 0 Å². The Kier molecular flexibility index (Phi) is 8.27. The van der Waals surface area contributed by atoms with Gasteiger partial charge in [-0.25, -0.2) is 0 Å². The number of benzene rings is 2. The van der Waals surface area contributed by atoms with E-state index in [4.69, 9.17) is 9.47 Å². The normalized spacial score (nSPS) is 17.1. The first-order valence-corrected chi connectivity index (χ1v) is 12.6. The number of halogens is 1. The fourth-order valence-electron chi connectivity index (χ4n) is 3.68. The van der Waals surface area contributed by atoms with Gasteiger partial charge in [-0.3, -0.25) is 19.3 Å². The molecular weight excluding hydrogens is 534 g/mol. The van der Waals surface area contributed by atoms with Crippen molar-refractivity contribution < 1.29 is 23.9 Å². The number of hydrogen-bond acceptors (Lipinski definition) is 7. The van der Waals surface area contributed by atoms with E-state index in [1.54, 1.807) is 30.4 Å². The first kappa shape index (κ1) is 25.0. The highest BCUT2D eigenvalue weighted by Gasteiger charge is 2.36. The number of carbonyl (C=O) groups excluding carboxylic acids is 3. The molecule has 0 saturated carbocycles. The van der Waals surface area contributed by atoms with Gasteiger partial charge >= 0.3 is 0 Å². The summed E-state index contributed by atoms with van der Waals surface area (Å²) in [4.78, 5) is 41.7. The van der Waals surface area contributed by atoms with E-state index in [-0.39, 0.29) is 11.4 Å². The summed E-state index contributed by atoms with van der Waals surface area (Å²) in [5.74, 6) is -0.421. The van der Waals surface area contributed by atoms with Gasteiger partial charge in [0.05, 0.1) is 29.5 Å². The predicted octanol–water partition coefficient (Wildman–Crippen LogP) is 4.53. The van der Waals surface area contributed by atoms with Gasteiger partial charge in [-0.1, -0.05) is 40.7 Å². The van der Waals surface area contributed by atoms with Gasteiger partial charge < -0.3 is 19.7 Å². The average molecular weight is 558 g/mol. The highest BCUT2D eigenvalue weighted by molar-refractivity contribution is 9.10. The van der Waals surface area contributed by atoms with Gasteiger partial charge in [0, 0.05) is 23.1 Å². The maximum Gasteiger partial charge on any atom is 0.294 e. The lowest BCUT2D eigenvalue weighted by atomic mass is 10.2. The van der Waals surface area contributed by atoms with Crippen LogP contribution in [-0.2, 0) is 14.3 Å². The van der Waals surface area contributed by atoms with Crippen LogP contribution in [0.25, 0.3) is 6.08 Å². The topological polar surface area (TPSA) is 88.2 Å². The molecule has 0 bridgehead atoms. The van der Waals surface area contributed by atoms with E-state index in [1.807, 2.05) is 24.3 Å². The highest BCUT2D eigenvalue weighted by atomic mass is 79.9. The number of anilines is 2. The number of thioether (sulfide) groups is 1. The summed E-state index contributed by atoms with van der Waals surface area (Å²) >= 11 is 4.21. The van der Waals surface area contributed by atoms with Crippen LogP contribution in [-0.4, -0.2) is 61.4 Å². The highest BCUT2D eigenvalue weighted by Crippen LogP contribution is 2.35. The molecule has 0 radical (unpaired) electrons. The number of nitrogens with zero attached hydrogens (tertiary/aromatic N) is 2. The summed E-state index contributed by atoms with van der Waals surface area (Å²) in [5.41, 5.74) is 2.13. The quantitative estimate of drug-likeness (QED) is 0.377. The third-order valence-electron chi connectivity index (χ3n) is 5.32. The molecule has 2 heterocycles. The summed E-state index contributed by atoms with van der Waals surface area (Å²) in [6.07, 6.45) is 3.22. The molecule has 3 amide bonds. The van der Waals surface area contributed by atoms with Crippen molar-refractivity contribution in [3.63, 3.8) is 0 Å². The van der Waals surface area contributed by atoms with Gasteiger partial charge in [-0.15, -0.1) is 0 Å². The number of hydrogen-bond donors (Lipinski definition) is 1. The van der Waals surface area contributed by atoms with Gasteiger partial charge in [-0.2, -0.15) is 0 Å². The number of para-hydroxylation sites is 2. The molecule has 2 fully saturated rings. The Bertz CT molecular complexity index is 1180. The first-order chi connectivity index (χ1) is 17.0. The predicted molar refractivity (Wildman–Crippen MR) is 141 cm³/mol. The minimum absolute atomic E-state index is 0.220. The Morgan fingerprint density at radius 1 is 1.20 bits per heavy atom. The maximum absolute atomic E-state index is 13.0. The molecule has 1 N–H and O–H groups in total. The van der Waals surface area contributed by atoms with Crippen LogP contribution in [0.5, 0.6) is 5.75 Å². The number of rotatable bonds is 8. The van der Waals surface area contributed by atoms with E-state index >= 15 is 0 Å². The average Bonchev–Trinajstić information content (AvgIpc) is 3.11. The zero-order valence-electron chi connectivity index (χ0n) is 18.9. The lowest BCUT2D eigenvalue weighted by Crippen LogP contribution is -2.38. The Morgan fingerprint density at radius 2 is 1.97 bits per heavy atom. The summed E-state index contributed by atoms with van der Waals surface area (Å²) in [6.45, 7) is 6.23. The molecule has 35 heavy (non-hydrogen) atoms. The van der Waals surface area contributed by atoms with Crippen LogP contribution in [0.3, 0.4) is 0 Å². The fraction of sp³-hybridized carbons (Fsp3) is 0.240. The Hall–Kier alpha value is -3.08. The van der Waals surface area contributed by atoms with Crippen molar-refractivity contribution in [3.8, 4) is 5.75 Å². The molecular formula is C25H24BrN3O5S. The van der Waals surface area contributed by atoms with Crippen molar-refractivity contribution >= 4 is 62.2 Å². The van der Waals surface area contributed by atoms with Crippen LogP contribution in [0, 0.1) is 0 Å². The number of nitrogens with one attached hydrogen (secondary N) is 1. The summed E-state index contributed by atoms with van der Waals surface area (Å²) < 4.78 is 11.9. The molecule has 0 unspecified atom stereocenters. The summed E-state index contributed by atoms with van der Waals surface area (Å²) in [7, 11) is 0. The van der Waals surface area contributed by atoms with Gasteiger partial charge in [-0.05, 0) is 48.2 Å². The lowest BCUT2D eigenvalue weighted by Gasteiger charge is -2.30. The number of amides is 3.